The van der Waals surface area contributed by atoms with Crippen LogP contribution in [0.25, 0.3) is 0 Å². The van der Waals surface area contributed by atoms with E-state index in [0.29, 0.717) is 6.54 Å². The number of hydrogen-bond acceptors (Lipinski definition) is 5. The number of sulfone groups is 1. The van der Waals surface area contributed by atoms with Crippen molar-refractivity contribution in [1.82, 2.24) is 10.6 Å². The van der Waals surface area contributed by atoms with E-state index in [4.69, 9.17) is 4.42 Å². The fraction of sp³-hybridized carbons (Fsp3) is 0.333. The Morgan fingerprint density at radius 2 is 1.78 bits per heavy atom. The summed E-state index contributed by atoms with van der Waals surface area (Å²) < 4.78 is 44.1. The van der Waals surface area contributed by atoms with Gasteiger partial charge in [0, 0.05) is 13.1 Å². The van der Waals surface area contributed by atoms with Crippen molar-refractivity contribution in [2.24, 2.45) is 0 Å². The van der Waals surface area contributed by atoms with Crippen molar-refractivity contribution in [3.05, 3.63) is 54.2 Å². The van der Waals surface area contributed by atoms with Crippen molar-refractivity contribution < 1.29 is 26.8 Å². The lowest BCUT2D eigenvalue weighted by Gasteiger charge is -2.16. The molecular formula is C18H21FN2O5S. The van der Waals surface area contributed by atoms with Crippen LogP contribution in [0, 0.1) is 5.82 Å². The maximum atomic E-state index is 13.1. The molecule has 0 unspecified atom stereocenters. The highest BCUT2D eigenvalue weighted by Gasteiger charge is 2.32. The number of nitrogens with one attached hydrogen (secondary N) is 2. The molecule has 2 N–H and O–H groups in total. The monoisotopic (exact) mass is 396 g/mol. The van der Waals surface area contributed by atoms with Crippen molar-refractivity contribution >= 4 is 21.7 Å². The topological polar surface area (TPSA) is 105 Å². The number of benzene rings is 1. The number of hydrogen-bond donors (Lipinski definition) is 2. The van der Waals surface area contributed by atoms with Crippen LogP contribution < -0.4 is 10.6 Å². The van der Waals surface area contributed by atoms with Crippen LogP contribution in [0.3, 0.4) is 0 Å². The molecule has 0 saturated heterocycles. The van der Waals surface area contributed by atoms with Crippen LogP contribution in [-0.2, 0) is 19.4 Å². The van der Waals surface area contributed by atoms with Crippen molar-refractivity contribution in [2.75, 3.05) is 13.1 Å². The number of furan rings is 1. The first kappa shape index (κ1) is 20.6. The lowest BCUT2D eigenvalue weighted by molar-refractivity contribution is -0.139. The Hall–Kier alpha value is -2.68. The largest absolute Gasteiger partial charge is 0.468 e. The van der Waals surface area contributed by atoms with E-state index in [-0.39, 0.29) is 17.2 Å². The van der Waals surface area contributed by atoms with Crippen LogP contribution in [0.4, 0.5) is 4.39 Å². The van der Waals surface area contributed by atoms with E-state index in [2.05, 4.69) is 10.6 Å². The number of halogens is 1. The molecule has 2 amide bonds. The fourth-order valence-corrected chi connectivity index (χ4v) is 3.94. The second-order valence-corrected chi connectivity index (χ2v) is 7.95. The molecule has 0 aliphatic rings. The van der Waals surface area contributed by atoms with E-state index < -0.39 is 32.7 Å². The second kappa shape index (κ2) is 9.31. The van der Waals surface area contributed by atoms with Crippen LogP contribution in [-0.4, -0.2) is 33.3 Å². The van der Waals surface area contributed by atoms with Gasteiger partial charge in [0.2, 0.25) is 0 Å². The summed E-state index contributed by atoms with van der Waals surface area (Å²) in [5, 5.41) is 3.51. The van der Waals surface area contributed by atoms with E-state index in [9.17, 15) is 22.4 Å². The van der Waals surface area contributed by atoms with Crippen LogP contribution >= 0.6 is 0 Å². The summed E-state index contributed by atoms with van der Waals surface area (Å²) in [6.45, 7) is 1.94. The highest BCUT2D eigenvalue weighted by molar-refractivity contribution is 7.91. The van der Waals surface area contributed by atoms with Gasteiger partial charge in [0.15, 0.2) is 9.84 Å². The molecule has 0 saturated carbocycles. The molecule has 0 spiro atoms. The first-order valence-electron chi connectivity index (χ1n) is 8.45. The molecule has 0 aliphatic carbocycles. The molecule has 2 rings (SSSR count). The summed E-state index contributed by atoms with van der Waals surface area (Å²) in [6, 6.07) is 7.32. The minimum Gasteiger partial charge on any atom is -0.468 e. The third kappa shape index (κ3) is 5.40. The van der Waals surface area contributed by atoms with Crippen LogP contribution in [0.15, 0.2) is 52.0 Å². The summed E-state index contributed by atoms with van der Waals surface area (Å²) in [6.07, 6.45) is 2.90. The summed E-state index contributed by atoms with van der Waals surface area (Å²) in [7, 11) is -3.99. The van der Waals surface area contributed by atoms with Crippen molar-refractivity contribution in [3.8, 4) is 0 Å². The summed E-state index contributed by atoms with van der Waals surface area (Å²) >= 11 is 0. The predicted molar refractivity (Wildman–Crippen MR) is 96.0 cm³/mol. The first-order valence-corrected chi connectivity index (χ1v) is 9.99. The number of rotatable bonds is 8. The molecule has 9 heteroatoms. The smallest absolute Gasteiger partial charge is 0.309 e. The van der Waals surface area contributed by atoms with Gasteiger partial charge < -0.3 is 15.1 Å². The Balaban J connectivity index is 2.15. The Labute approximate surface area is 156 Å². The van der Waals surface area contributed by atoms with E-state index in [1.165, 1.54) is 18.4 Å². The quantitative estimate of drug-likeness (QED) is 0.403. The van der Waals surface area contributed by atoms with Crippen molar-refractivity contribution in [3.63, 3.8) is 0 Å². The minimum absolute atomic E-state index is 0.103. The lowest BCUT2D eigenvalue weighted by atomic mass is 10.3. The van der Waals surface area contributed by atoms with E-state index in [1.54, 1.807) is 0 Å². The first-order chi connectivity index (χ1) is 12.9. The summed E-state index contributed by atoms with van der Waals surface area (Å²) in [4.78, 5) is 23.5. The molecule has 7 nitrogen and oxygen atoms in total. The maximum Gasteiger partial charge on any atom is 0.309 e. The highest BCUT2D eigenvalue weighted by atomic mass is 32.2. The zero-order valence-corrected chi connectivity index (χ0v) is 15.6. The van der Waals surface area contributed by atoms with Gasteiger partial charge in [-0.2, -0.15) is 0 Å². The van der Waals surface area contributed by atoms with Gasteiger partial charge in [-0.05, 0) is 42.8 Å². The van der Waals surface area contributed by atoms with Gasteiger partial charge in [-0.3, -0.25) is 9.59 Å². The average molecular weight is 396 g/mol. The van der Waals surface area contributed by atoms with Crippen molar-refractivity contribution in [1.29, 1.82) is 0 Å². The summed E-state index contributed by atoms with van der Waals surface area (Å²) in [5.74, 6) is -2.23. The maximum absolute atomic E-state index is 13.1. The molecule has 0 bridgehead atoms. The zero-order valence-electron chi connectivity index (χ0n) is 14.8. The zero-order chi connectivity index (χ0) is 19.9. The number of carbonyl (C=O) groups is 2. The van der Waals surface area contributed by atoms with Crippen LogP contribution in [0.2, 0.25) is 0 Å². The molecule has 0 aliphatic heterocycles. The van der Waals surface area contributed by atoms with E-state index >= 15 is 0 Å². The van der Waals surface area contributed by atoms with Crippen molar-refractivity contribution in [2.45, 2.75) is 29.9 Å². The van der Waals surface area contributed by atoms with Gasteiger partial charge in [-0.1, -0.05) is 13.3 Å². The highest BCUT2D eigenvalue weighted by Crippen LogP contribution is 2.29. The number of amides is 2. The van der Waals surface area contributed by atoms with Crippen LogP contribution in [0.1, 0.15) is 30.8 Å². The molecule has 27 heavy (non-hydrogen) atoms. The van der Waals surface area contributed by atoms with Gasteiger partial charge in [0.05, 0.1) is 11.2 Å². The third-order valence-corrected chi connectivity index (χ3v) is 5.92. The van der Waals surface area contributed by atoms with Gasteiger partial charge in [0.25, 0.3) is 0 Å². The van der Waals surface area contributed by atoms with Gasteiger partial charge in [-0.25, -0.2) is 12.8 Å². The molecule has 1 heterocycles. The Morgan fingerprint density at radius 1 is 1.11 bits per heavy atom. The molecule has 1 aromatic heterocycles. The molecule has 146 valence electrons. The van der Waals surface area contributed by atoms with Gasteiger partial charge >= 0.3 is 11.8 Å². The molecule has 0 radical (unpaired) electrons. The molecular weight excluding hydrogens is 375 g/mol. The van der Waals surface area contributed by atoms with E-state index in [0.717, 1.165) is 37.1 Å². The third-order valence-electron chi connectivity index (χ3n) is 3.85. The second-order valence-electron chi connectivity index (χ2n) is 5.82. The normalized spacial score (nSPS) is 12.4. The Kier molecular flexibility index (Phi) is 7.12. The van der Waals surface area contributed by atoms with Gasteiger partial charge in [0.1, 0.15) is 16.8 Å². The SMILES string of the molecule is CCCCNC(=O)C(=O)NC[C@H](c1ccco1)S(=O)(=O)c1ccc(F)cc1. The lowest BCUT2D eigenvalue weighted by Crippen LogP contribution is -2.42. The molecule has 0 fully saturated rings. The minimum atomic E-state index is -3.99. The molecule has 1 atom stereocenters. The predicted octanol–water partition coefficient (Wildman–Crippen LogP) is 1.97. The average Bonchev–Trinajstić information content (AvgIpc) is 3.16. The number of unbranched alkanes of at least 4 members (excludes halogenated alkanes) is 1. The standard InChI is InChI=1S/C18H21FN2O5S/c1-2-3-10-20-17(22)18(23)21-12-16(15-5-4-11-26-15)27(24,25)14-8-6-13(19)7-9-14/h4-9,11,16H,2-3,10,12H2,1H3,(H,20,22)(H,21,23)/t16-/m1/s1. The van der Waals surface area contributed by atoms with Gasteiger partial charge in [-0.15, -0.1) is 0 Å². The van der Waals surface area contributed by atoms with Crippen LogP contribution in [0.5, 0.6) is 0 Å². The Morgan fingerprint density at radius 3 is 2.37 bits per heavy atom. The van der Waals surface area contributed by atoms with E-state index in [1.807, 2.05) is 6.92 Å². The molecule has 1 aromatic carbocycles. The molecule has 2 aromatic rings. The Bertz CT molecular complexity index is 864. The fourth-order valence-electron chi connectivity index (χ4n) is 2.35. The summed E-state index contributed by atoms with van der Waals surface area (Å²) in [5.41, 5.74) is 0. The number of carbonyl (C=O) groups excluding carboxylic acids is 2.